The van der Waals surface area contributed by atoms with Crippen LogP contribution in [-0.4, -0.2) is 33.1 Å². The van der Waals surface area contributed by atoms with E-state index in [0.717, 1.165) is 25.7 Å². The third-order valence-electron chi connectivity index (χ3n) is 4.41. The molecule has 19 heavy (non-hydrogen) atoms. The molecule has 2 N–H and O–H groups in total. The molecule has 0 spiro atoms. The van der Waals surface area contributed by atoms with Crippen molar-refractivity contribution in [3.05, 3.63) is 18.0 Å². The molecule has 0 aliphatic heterocycles. The Hall–Kier alpha value is -0.870. The zero-order valence-electron chi connectivity index (χ0n) is 12.4. The molecule has 0 amide bonds. The van der Waals surface area contributed by atoms with Crippen molar-refractivity contribution in [3.63, 3.8) is 0 Å². The average Bonchev–Trinajstić information content (AvgIpc) is 2.83. The van der Waals surface area contributed by atoms with Crippen molar-refractivity contribution >= 4 is 0 Å². The molecule has 0 aromatic carbocycles. The summed E-state index contributed by atoms with van der Waals surface area (Å²) in [5, 5.41) is 18.3. The Kier molecular flexibility index (Phi) is 4.63. The summed E-state index contributed by atoms with van der Waals surface area (Å²) < 4.78 is 2.00. The molecule has 2 atom stereocenters. The molecular formula is C15H27N3O. The molecule has 4 nitrogen and oxygen atoms in total. The maximum Gasteiger partial charge on any atom is 0.0771 e. The first-order valence-electron chi connectivity index (χ1n) is 7.47. The van der Waals surface area contributed by atoms with Gasteiger partial charge in [0.2, 0.25) is 0 Å². The number of rotatable bonds is 5. The summed E-state index contributed by atoms with van der Waals surface area (Å²) in [5.74, 6) is 0. The maximum absolute atomic E-state index is 10.5. The van der Waals surface area contributed by atoms with Gasteiger partial charge >= 0.3 is 0 Å². The van der Waals surface area contributed by atoms with Gasteiger partial charge in [0.15, 0.2) is 0 Å². The van der Waals surface area contributed by atoms with Gasteiger partial charge in [-0.2, -0.15) is 5.10 Å². The van der Waals surface area contributed by atoms with Crippen LogP contribution in [0.4, 0.5) is 0 Å². The normalized spacial score (nSPS) is 22.1. The van der Waals surface area contributed by atoms with Gasteiger partial charge in [-0.3, -0.25) is 4.68 Å². The van der Waals surface area contributed by atoms with Crippen molar-refractivity contribution in [2.75, 3.05) is 6.54 Å². The highest BCUT2D eigenvalue weighted by atomic mass is 16.3. The minimum atomic E-state index is -0.494. The highest BCUT2D eigenvalue weighted by molar-refractivity contribution is 5.01. The van der Waals surface area contributed by atoms with E-state index in [1.807, 2.05) is 10.9 Å². The average molecular weight is 265 g/mol. The van der Waals surface area contributed by atoms with Gasteiger partial charge in [0.25, 0.3) is 0 Å². The van der Waals surface area contributed by atoms with Crippen LogP contribution in [0.1, 0.15) is 57.6 Å². The van der Waals surface area contributed by atoms with Crippen LogP contribution in [0.2, 0.25) is 0 Å². The van der Waals surface area contributed by atoms with Crippen LogP contribution in [0.3, 0.4) is 0 Å². The van der Waals surface area contributed by atoms with Gasteiger partial charge in [0, 0.05) is 18.8 Å². The molecule has 1 heterocycles. The maximum atomic E-state index is 10.5. The van der Waals surface area contributed by atoms with Crippen molar-refractivity contribution in [3.8, 4) is 0 Å². The molecule has 4 heteroatoms. The number of nitrogens with one attached hydrogen (secondary N) is 1. The highest BCUT2D eigenvalue weighted by Gasteiger charge is 2.29. The van der Waals surface area contributed by atoms with E-state index in [4.69, 9.17) is 0 Å². The fraction of sp³-hybridized carbons (Fsp3) is 0.800. The van der Waals surface area contributed by atoms with Crippen molar-refractivity contribution in [1.82, 2.24) is 15.1 Å². The number of aliphatic hydroxyl groups is 1. The molecule has 2 rings (SSSR count). The van der Waals surface area contributed by atoms with E-state index < -0.39 is 5.60 Å². The SMILES string of the molecule is Cc1cnn(C(C)C(C)NCC2(O)CCCCC2)c1. The molecule has 0 radical (unpaired) electrons. The van der Waals surface area contributed by atoms with Gasteiger partial charge in [-0.15, -0.1) is 0 Å². The summed E-state index contributed by atoms with van der Waals surface area (Å²) in [5.41, 5.74) is 0.691. The van der Waals surface area contributed by atoms with Crippen LogP contribution in [0.25, 0.3) is 0 Å². The van der Waals surface area contributed by atoms with Crippen LogP contribution in [0.5, 0.6) is 0 Å². The molecule has 0 bridgehead atoms. The van der Waals surface area contributed by atoms with Crippen LogP contribution in [-0.2, 0) is 0 Å². The summed E-state index contributed by atoms with van der Waals surface area (Å²) in [6, 6.07) is 0.589. The molecular weight excluding hydrogens is 238 g/mol. The Labute approximate surface area is 116 Å². The minimum absolute atomic E-state index is 0.292. The smallest absolute Gasteiger partial charge is 0.0771 e. The lowest BCUT2D eigenvalue weighted by Gasteiger charge is -2.34. The molecule has 1 aromatic rings. The molecule has 1 aliphatic carbocycles. The Morgan fingerprint density at radius 1 is 1.37 bits per heavy atom. The second kappa shape index (κ2) is 6.06. The number of nitrogens with zero attached hydrogens (tertiary/aromatic N) is 2. The van der Waals surface area contributed by atoms with Crippen molar-refractivity contribution in [2.24, 2.45) is 0 Å². The topological polar surface area (TPSA) is 50.1 Å². The van der Waals surface area contributed by atoms with E-state index >= 15 is 0 Å². The predicted octanol–water partition coefficient (Wildman–Crippen LogP) is 2.43. The first-order chi connectivity index (χ1) is 9.00. The second-order valence-electron chi connectivity index (χ2n) is 6.19. The molecule has 1 aliphatic rings. The Bertz CT molecular complexity index is 396. The minimum Gasteiger partial charge on any atom is -0.389 e. The lowest BCUT2D eigenvalue weighted by Crippen LogP contribution is -2.46. The molecule has 0 saturated heterocycles. The van der Waals surface area contributed by atoms with Crippen LogP contribution in [0, 0.1) is 6.92 Å². The van der Waals surface area contributed by atoms with Gasteiger partial charge in [-0.05, 0) is 39.2 Å². The molecule has 108 valence electrons. The van der Waals surface area contributed by atoms with E-state index in [0.29, 0.717) is 18.6 Å². The summed E-state index contributed by atoms with van der Waals surface area (Å²) >= 11 is 0. The number of aromatic nitrogens is 2. The summed E-state index contributed by atoms with van der Waals surface area (Å²) in [7, 11) is 0. The monoisotopic (exact) mass is 265 g/mol. The molecule has 2 unspecified atom stereocenters. The first-order valence-corrected chi connectivity index (χ1v) is 7.47. The molecule has 1 saturated carbocycles. The van der Waals surface area contributed by atoms with E-state index in [1.165, 1.54) is 12.0 Å². The standard InChI is InChI=1S/C15H27N3O/c1-12-9-17-18(10-12)14(3)13(2)16-11-15(19)7-5-4-6-8-15/h9-10,13-14,16,19H,4-8,11H2,1-3H3. The summed E-state index contributed by atoms with van der Waals surface area (Å²) in [4.78, 5) is 0. The van der Waals surface area contributed by atoms with E-state index in [9.17, 15) is 5.11 Å². The van der Waals surface area contributed by atoms with Crippen LogP contribution in [0.15, 0.2) is 12.4 Å². The third kappa shape index (κ3) is 3.80. The lowest BCUT2D eigenvalue weighted by molar-refractivity contribution is 0.00181. The number of aryl methyl sites for hydroxylation is 1. The Morgan fingerprint density at radius 2 is 2.05 bits per heavy atom. The Morgan fingerprint density at radius 3 is 2.63 bits per heavy atom. The zero-order valence-corrected chi connectivity index (χ0v) is 12.4. The van der Waals surface area contributed by atoms with Crippen molar-refractivity contribution in [1.29, 1.82) is 0 Å². The molecule has 1 fully saturated rings. The van der Waals surface area contributed by atoms with Crippen molar-refractivity contribution < 1.29 is 5.11 Å². The number of hydrogen-bond donors (Lipinski definition) is 2. The van der Waals surface area contributed by atoms with Crippen molar-refractivity contribution in [2.45, 2.75) is 70.6 Å². The fourth-order valence-electron chi connectivity index (χ4n) is 2.79. The highest BCUT2D eigenvalue weighted by Crippen LogP contribution is 2.27. The fourth-order valence-corrected chi connectivity index (χ4v) is 2.79. The third-order valence-corrected chi connectivity index (χ3v) is 4.41. The Balaban J connectivity index is 1.85. The first kappa shape index (κ1) is 14.5. The van der Waals surface area contributed by atoms with Gasteiger partial charge in [-0.1, -0.05) is 19.3 Å². The van der Waals surface area contributed by atoms with Crippen LogP contribution < -0.4 is 5.32 Å². The summed E-state index contributed by atoms with van der Waals surface area (Å²) in [6.07, 6.45) is 9.39. The zero-order chi connectivity index (χ0) is 13.9. The van der Waals surface area contributed by atoms with Gasteiger partial charge in [-0.25, -0.2) is 0 Å². The van der Waals surface area contributed by atoms with Gasteiger partial charge < -0.3 is 10.4 Å². The van der Waals surface area contributed by atoms with E-state index in [-0.39, 0.29) is 0 Å². The largest absolute Gasteiger partial charge is 0.389 e. The lowest BCUT2D eigenvalue weighted by atomic mass is 9.84. The van der Waals surface area contributed by atoms with E-state index in [2.05, 4.69) is 37.4 Å². The van der Waals surface area contributed by atoms with Gasteiger partial charge in [0.05, 0.1) is 17.8 Å². The summed E-state index contributed by atoms with van der Waals surface area (Å²) in [6.45, 7) is 7.07. The predicted molar refractivity (Wildman–Crippen MR) is 77.2 cm³/mol. The van der Waals surface area contributed by atoms with Gasteiger partial charge in [0.1, 0.15) is 0 Å². The quantitative estimate of drug-likeness (QED) is 0.859. The van der Waals surface area contributed by atoms with E-state index in [1.54, 1.807) is 0 Å². The number of hydrogen-bond acceptors (Lipinski definition) is 3. The van der Waals surface area contributed by atoms with Crippen LogP contribution >= 0.6 is 0 Å². The molecule has 1 aromatic heterocycles. The second-order valence-corrected chi connectivity index (χ2v) is 6.19.